The van der Waals surface area contributed by atoms with Crippen LogP contribution in [0, 0.1) is 0 Å². The fourth-order valence-electron chi connectivity index (χ4n) is 1.36. The molecule has 0 bridgehead atoms. The maximum Gasteiger partial charge on any atom is 0.173 e. The standard InChI is InChI=1S/C10H8BrNO2/c11-4-9(13)6-1-2-8-7(3-6)10(14)5-12-8/h1-3,5,12,14H,4H2. The summed E-state index contributed by atoms with van der Waals surface area (Å²) in [6.45, 7) is 0. The van der Waals surface area contributed by atoms with E-state index in [0.717, 1.165) is 5.52 Å². The number of halogens is 1. The Bertz CT molecular complexity index is 490. The van der Waals surface area contributed by atoms with Gasteiger partial charge in [-0.1, -0.05) is 15.9 Å². The van der Waals surface area contributed by atoms with Crippen LogP contribution in [0.1, 0.15) is 10.4 Å². The highest BCUT2D eigenvalue weighted by Gasteiger charge is 2.07. The molecule has 3 nitrogen and oxygen atoms in total. The second-order valence-corrected chi connectivity index (χ2v) is 3.55. The third-order valence-corrected chi connectivity index (χ3v) is 2.61. The zero-order valence-electron chi connectivity index (χ0n) is 7.25. The summed E-state index contributed by atoms with van der Waals surface area (Å²) in [5, 5.41) is 10.4. The van der Waals surface area contributed by atoms with Gasteiger partial charge >= 0.3 is 0 Å². The number of benzene rings is 1. The molecule has 1 aromatic carbocycles. The molecule has 0 unspecified atom stereocenters. The fourth-order valence-corrected chi connectivity index (χ4v) is 1.68. The van der Waals surface area contributed by atoms with Gasteiger partial charge in [0.2, 0.25) is 0 Å². The number of Topliss-reactive ketones (excluding diaryl/α,β-unsaturated/α-hetero) is 1. The Labute approximate surface area is 88.9 Å². The number of ketones is 1. The van der Waals surface area contributed by atoms with E-state index in [1.54, 1.807) is 18.2 Å². The summed E-state index contributed by atoms with van der Waals surface area (Å²) < 4.78 is 0. The quantitative estimate of drug-likeness (QED) is 0.638. The van der Waals surface area contributed by atoms with Gasteiger partial charge in [0.25, 0.3) is 0 Å². The van der Waals surface area contributed by atoms with E-state index in [2.05, 4.69) is 20.9 Å². The van der Waals surface area contributed by atoms with Crippen LogP contribution in [0.5, 0.6) is 5.75 Å². The van der Waals surface area contributed by atoms with Gasteiger partial charge in [-0.3, -0.25) is 4.79 Å². The number of alkyl halides is 1. The number of carbonyl (C=O) groups is 1. The van der Waals surface area contributed by atoms with E-state index >= 15 is 0 Å². The first kappa shape index (κ1) is 9.27. The van der Waals surface area contributed by atoms with Gasteiger partial charge in [-0.15, -0.1) is 0 Å². The van der Waals surface area contributed by atoms with Crippen LogP contribution in [0.4, 0.5) is 0 Å². The van der Waals surface area contributed by atoms with Crippen molar-refractivity contribution in [2.75, 3.05) is 5.33 Å². The van der Waals surface area contributed by atoms with E-state index in [4.69, 9.17) is 0 Å². The SMILES string of the molecule is O=C(CBr)c1ccc2[nH]cc(O)c2c1. The lowest BCUT2D eigenvalue weighted by molar-refractivity contribution is 0.102. The summed E-state index contributed by atoms with van der Waals surface area (Å²) in [5.74, 6) is 0.178. The van der Waals surface area contributed by atoms with Gasteiger partial charge in [0.1, 0.15) is 5.75 Å². The Morgan fingerprint density at radius 3 is 3.00 bits per heavy atom. The smallest absolute Gasteiger partial charge is 0.173 e. The molecule has 4 heteroatoms. The van der Waals surface area contributed by atoms with Crippen molar-refractivity contribution in [1.29, 1.82) is 0 Å². The number of hydrogen-bond donors (Lipinski definition) is 2. The molecule has 0 fully saturated rings. The zero-order chi connectivity index (χ0) is 10.1. The van der Waals surface area contributed by atoms with E-state index in [9.17, 15) is 9.90 Å². The van der Waals surface area contributed by atoms with Crippen LogP contribution in [-0.4, -0.2) is 21.2 Å². The van der Waals surface area contributed by atoms with Crippen LogP contribution in [0.15, 0.2) is 24.4 Å². The van der Waals surface area contributed by atoms with Crippen LogP contribution >= 0.6 is 15.9 Å². The van der Waals surface area contributed by atoms with Crippen LogP contribution < -0.4 is 0 Å². The maximum absolute atomic E-state index is 11.4. The predicted molar refractivity (Wildman–Crippen MR) is 58.1 cm³/mol. The van der Waals surface area contributed by atoms with Crippen molar-refractivity contribution in [2.24, 2.45) is 0 Å². The number of H-pyrrole nitrogens is 1. The first-order chi connectivity index (χ1) is 6.72. The van der Waals surface area contributed by atoms with E-state index < -0.39 is 0 Å². The largest absolute Gasteiger partial charge is 0.506 e. The molecular formula is C10H8BrNO2. The molecule has 0 saturated heterocycles. The highest BCUT2D eigenvalue weighted by molar-refractivity contribution is 9.09. The minimum atomic E-state index is 0.00694. The van der Waals surface area contributed by atoms with Crippen LogP contribution in [0.2, 0.25) is 0 Å². The van der Waals surface area contributed by atoms with Crippen LogP contribution in [0.3, 0.4) is 0 Å². The summed E-state index contributed by atoms with van der Waals surface area (Å²) in [4.78, 5) is 14.3. The molecule has 2 N–H and O–H groups in total. The monoisotopic (exact) mass is 253 g/mol. The Hall–Kier alpha value is -1.29. The van der Waals surface area contributed by atoms with Crippen LogP contribution in [-0.2, 0) is 0 Å². The number of aromatic nitrogens is 1. The molecule has 0 aliphatic heterocycles. The first-order valence-electron chi connectivity index (χ1n) is 4.11. The Morgan fingerprint density at radius 1 is 1.50 bits per heavy atom. The Kier molecular flexibility index (Phi) is 2.29. The molecule has 0 spiro atoms. The first-order valence-corrected chi connectivity index (χ1v) is 5.24. The van der Waals surface area contributed by atoms with Crippen molar-refractivity contribution in [3.63, 3.8) is 0 Å². The molecule has 72 valence electrons. The number of aromatic amines is 1. The minimum absolute atomic E-state index is 0.00694. The third-order valence-electron chi connectivity index (χ3n) is 2.10. The molecule has 14 heavy (non-hydrogen) atoms. The predicted octanol–water partition coefficient (Wildman–Crippen LogP) is 2.45. The van der Waals surface area contributed by atoms with Crippen LogP contribution in [0.25, 0.3) is 10.9 Å². The Balaban J connectivity index is 2.60. The molecule has 0 saturated carbocycles. The highest BCUT2D eigenvalue weighted by Crippen LogP contribution is 2.25. The molecular weight excluding hydrogens is 246 g/mol. The highest BCUT2D eigenvalue weighted by atomic mass is 79.9. The van der Waals surface area contributed by atoms with Gasteiger partial charge < -0.3 is 10.1 Å². The minimum Gasteiger partial charge on any atom is -0.506 e. The molecule has 2 rings (SSSR count). The van der Waals surface area contributed by atoms with Gasteiger partial charge in [-0.2, -0.15) is 0 Å². The van der Waals surface area contributed by atoms with Crippen molar-refractivity contribution in [1.82, 2.24) is 4.98 Å². The lowest BCUT2D eigenvalue weighted by atomic mass is 10.1. The molecule has 0 amide bonds. The van der Waals surface area contributed by atoms with Gasteiger partial charge in [0.15, 0.2) is 5.78 Å². The van der Waals surface area contributed by atoms with Crippen molar-refractivity contribution in [3.05, 3.63) is 30.0 Å². The molecule has 1 heterocycles. The topological polar surface area (TPSA) is 53.1 Å². The average Bonchev–Trinajstić information content (AvgIpc) is 2.59. The van der Waals surface area contributed by atoms with E-state index in [1.165, 1.54) is 6.20 Å². The second kappa shape index (κ2) is 3.46. The van der Waals surface area contributed by atoms with Gasteiger partial charge in [0.05, 0.1) is 5.33 Å². The van der Waals surface area contributed by atoms with Crippen molar-refractivity contribution < 1.29 is 9.90 Å². The maximum atomic E-state index is 11.4. The molecule has 2 aromatic rings. The van der Waals surface area contributed by atoms with Crippen molar-refractivity contribution in [2.45, 2.75) is 0 Å². The second-order valence-electron chi connectivity index (χ2n) is 2.99. The van der Waals surface area contributed by atoms with E-state index in [0.29, 0.717) is 16.3 Å². The summed E-state index contributed by atoms with van der Waals surface area (Å²) in [5.41, 5.74) is 1.43. The number of carbonyl (C=O) groups excluding carboxylic acids is 1. The van der Waals surface area contributed by atoms with Gasteiger partial charge in [-0.05, 0) is 18.2 Å². The summed E-state index contributed by atoms with van der Waals surface area (Å²) in [7, 11) is 0. The molecule has 0 radical (unpaired) electrons. The number of aromatic hydroxyl groups is 1. The summed E-state index contributed by atoms with van der Waals surface area (Å²) >= 11 is 3.10. The Morgan fingerprint density at radius 2 is 2.29 bits per heavy atom. The van der Waals surface area contributed by atoms with Gasteiger partial charge in [0, 0.05) is 22.7 Å². The number of nitrogens with one attached hydrogen (secondary N) is 1. The van der Waals surface area contributed by atoms with Gasteiger partial charge in [-0.25, -0.2) is 0 Å². The molecule has 0 aliphatic carbocycles. The van der Waals surface area contributed by atoms with Crippen molar-refractivity contribution >= 4 is 32.6 Å². The lowest BCUT2D eigenvalue weighted by Crippen LogP contribution is -1.98. The molecule has 1 aromatic heterocycles. The van der Waals surface area contributed by atoms with E-state index in [-0.39, 0.29) is 11.5 Å². The average molecular weight is 254 g/mol. The number of hydrogen-bond acceptors (Lipinski definition) is 2. The third kappa shape index (κ3) is 1.42. The van der Waals surface area contributed by atoms with Crippen molar-refractivity contribution in [3.8, 4) is 5.75 Å². The normalized spacial score (nSPS) is 10.6. The lowest BCUT2D eigenvalue weighted by Gasteiger charge is -1.97. The number of fused-ring (bicyclic) bond motifs is 1. The summed E-state index contributed by atoms with van der Waals surface area (Å²) in [6.07, 6.45) is 1.51. The molecule has 0 atom stereocenters. The van der Waals surface area contributed by atoms with E-state index in [1.807, 2.05) is 0 Å². The fraction of sp³-hybridized carbons (Fsp3) is 0.100. The molecule has 0 aliphatic rings. The zero-order valence-corrected chi connectivity index (χ0v) is 8.84. The summed E-state index contributed by atoms with van der Waals surface area (Å²) in [6, 6.07) is 5.21. The number of rotatable bonds is 2.